The summed E-state index contributed by atoms with van der Waals surface area (Å²) >= 11 is 0. The van der Waals surface area contributed by atoms with Crippen molar-refractivity contribution in [1.29, 1.82) is 0 Å². The van der Waals surface area contributed by atoms with Crippen molar-refractivity contribution in [2.75, 3.05) is 13.1 Å². The monoisotopic (exact) mass is 363 g/mol. The molecule has 1 fully saturated rings. The number of likely N-dealkylation sites (tertiary alicyclic amines) is 1. The number of amides is 1. The zero-order valence-electron chi connectivity index (χ0n) is 15.2. The number of aryl methyl sites for hydroxylation is 1. The Morgan fingerprint density at radius 3 is 2.56 bits per heavy atom. The Hall–Kier alpha value is -3.08. The molecule has 0 unspecified atom stereocenters. The second-order valence-corrected chi connectivity index (χ2v) is 6.85. The molecule has 1 atom stereocenters. The maximum Gasteiger partial charge on any atom is 0.336 e. The highest BCUT2D eigenvalue weighted by Gasteiger charge is 2.29. The van der Waals surface area contributed by atoms with Gasteiger partial charge in [-0.25, -0.2) is 4.79 Å². The summed E-state index contributed by atoms with van der Waals surface area (Å²) in [7, 11) is 0. The number of carbonyl (C=O) groups excluding carboxylic acids is 1. The van der Waals surface area contributed by atoms with Gasteiger partial charge >= 0.3 is 5.63 Å². The molecule has 4 rings (SSSR count). The smallest absolute Gasteiger partial charge is 0.336 e. The molecule has 0 saturated carbocycles. The van der Waals surface area contributed by atoms with Crippen LogP contribution in [-0.2, 0) is 4.79 Å². The van der Waals surface area contributed by atoms with Gasteiger partial charge in [-0.15, -0.1) is 0 Å². The molecule has 0 bridgehead atoms. The standard InChI is InChI=1S/C22H21NO4/c1-15-13-20(24)27-19-14-17(9-10-18(15)19)26-21(16-7-3-2-4-8-16)22(25)23-11-5-6-12-23/h2-4,7-10,13-14,21H,5-6,11-12H2,1H3/t21-/m1/s1. The quantitative estimate of drug-likeness (QED) is 0.661. The van der Waals surface area contributed by atoms with Crippen LogP contribution in [0, 0.1) is 6.92 Å². The summed E-state index contributed by atoms with van der Waals surface area (Å²) in [4.78, 5) is 26.6. The fourth-order valence-electron chi connectivity index (χ4n) is 3.51. The molecule has 0 radical (unpaired) electrons. The van der Waals surface area contributed by atoms with E-state index < -0.39 is 11.7 Å². The minimum atomic E-state index is -0.724. The van der Waals surface area contributed by atoms with Crippen LogP contribution < -0.4 is 10.4 Å². The molecule has 1 saturated heterocycles. The number of nitrogens with zero attached hydrogens (tertiary/aromatic N) is 1. The van der Waals surface area contributed by atoms with Gasteiger partial charge in [-0.3, -0.25) is 4.79 Å². The summed E-state index contributed by atoms with van der Waals surface area (Å²) in [5.74, 6) is 0.460. The Morgan fingerprint density at radius 1 is 1.07 bits per heavy atom. The second-order valence-electron chi connectivity index (χ2n) is 6.85. The van der Waals surface area contributed by atoms with E-state index in [0.717, 1.165) is 42.4 Å². The molecule has 5 nitrogen and oxygen atoms in total. The fourth-order valence-corrected chi connectivity index (χ4v) is 3.51. The average molecular weight is 363 g/mol. The molecular weight excluding hydrogens is 342 g/mol. The van der Waals surface area contributed by atoms with Gasteiger partial charge in [-0.2, -0.15) is 0 Å². The molecule has 1 aliphatic heterocycles. The topological polar surface area (TPSA) is 59.8 Å². The van der Waals surface area contributed by atoms with Gasteiger partial charge in [-0.05, 0) is 37.5 Å². The van der Waals surface area contributed by atoms with Crippen LogP contribution in [0.5, 0.6) is 5.75 Å². The van der Waals surface area contributed by atoms with Crippen molar-refractivity contribution >= 4 is 16.9 Å². The molecular formula is C22H21NO4. The van der Waals surface area contributed by atoms with Crippen molar-refractivity contribution < 1.29 is 13.9 Å². The number of hydrogen-bond donors (Lipinski definition) is 0. The van der Waals surface area contributed by atoms with Crippen LogP contribution >= 0.6 is 0 Å². The molecule has 27 heavy (non-hydrogen) atoms. The molecule has 3 aromatic rings. The molecule has 0 N–H and O–H groups in total. The van der Waals surface area contributed by atoms with Crippen LogP contribution in [0.2, 0.25) is 0 Å². The maximum atomic E-state index is 13.0. The third kappa shape index (κ3) is 3.58. The summed E-state index contributed by atoms with van der Waals surface area (Å²) in [6, 6.07) is 16.3. The Morgan fingerprint density at radius 2 is 1.81 bits per heavy atom. The first-order chi connectivity index (χ1) is 13.1. The lowest BCUT2D eigenvalue weighted by Crippen LogP contribution is -2.35. The third-order valence-corrected chi connectivity index (χ3v) is 4.92. The average Bonchev–Trinajstić information content (AvgIpc) is 3.20. The molecule has 0 aliphatic carbocycles. The van der Waals surface area contributed by atoms with Crippen molar-refractivity contribution in [2.24, 2.45) is 0 Å². The first kappa shape index (κ1) is 17.3. The number of benzene rings is 2. The predicted molar refractivity (Wildman–Crippen MR) is 103 cm³/mol. The van der Waals surface area contributed by atoms with Gasteiger partial charge in [0.15, 0.2) is 0 Å². The number of hydrogen-bond acceptors (Lipinski definition) is 4. The molecule has 1 aromatic heterocycles. The molecule has 2 heterocycles. The lowest BCUT2D eigenvalue weighted by Gasteiger charge is -2.24. The molecule has 5 heteroatoms. The van der Waals surface area contributed by atoms with E-state index in [1.165, 1.54) is 6.07 Å². The van der Waals surface area contributed by atoms with E-state index >= 15 is 0 Å². The number of rotatable bonds is 4. The number of fused-ring (bicyclic) bond motifs is 1. The number of carbonyl (C=O) groups is 1. The lowest BCUT2D eigenvalue weighted by atomic mass is 10.1. The predicted octanol–water partition coefficient (Wildman–Crippen LogP) is 3.84. The van der Waals surface area contributed by atoms with Crippen LogP contribution in [0.15, 0.2) is 63.8 Å². The van der Waals surface area contributed by atoms with E-state index in [1.54, 1.807) is 6.07 Å². The Kier molecular flexibility index (Phi) is 4.67. The van der Waals surface area contributed by atoms with E-state index in [4.69, 9.17) is 9.15 Å². The highest BCUT2D eigenvalue weighted by molar-refractivity contribution is 5.84. The van der Waals surface area contributed by atoms with Gasteiger partial charge in [0.1, 0.15) is 11.3 Å². The minimum Gasteiger partial charge on any atom is -0.476 e. The highest BCUT2D eigenvalue weighted by Crippen LogP contribution is 2.28. The zero-order chi connectivity index (χ0) is 18.8. The van der Waals surface area contributed by atoms with Gasteiger partial charge < -0.3 is 14.1 Å². The van der Waals surface area contributed by atoms with Crippen molar-refractivity contribution in [1.82, 2.24) is 4.90 Å². The van der Waals surface area contributed by atoms with Gasteiger partial charge in [0, 0.05) is 36.2 Å². The summed E-state index contributed by atoms with van der Waals surface area (Å²) < 4.78 is 11.4. The minimum absolute atomic E-state index is 0.0375. The Balaban J connectivity index is 1.70. The molecule has 0 spiro atoms. The van der Waals surface area contributed by atoms with Crippen LogP contribution in [0.25, 0.3) is 11.0 Å². The maximum absolute atomic E-state index is 13.0. The van der Waals surface area contributed by atoms with E-state index in [1.807, 2.05) is 54.3 Å². The van der Waals surface area contributed by atoms with E-state index in [0.29, 0.717) is 11.3 Å². The van der Waals surface area contributed by atoms with Gasteiger partial charge in [-0.1, -0.05) is 30.3 Å². The SMILES string of the molecule is Cc1cc(=O)oc2cc(O[C@@H](C(=O)N3CCCC3)c3ccccc3)ccc12. The summed E-state index contributed by atoms with van der Waals surface area (Å²) in [6.07, 6.45) is 1.32. The lowest BCUT2D eigenvalue weighted by molar-refractivity contribution is -0.137. The highest BCUT2D eigenvalue weighted by atomic mass is 16.5. The van der Waals surface area contributed by atoms with Crippen molar-refractivity contribution in [2.45, 2.75) is 25.9 Å². The van der Waals surface area contributed by atoms with E-state index in [-0.39, 0.29) is 5.91 Å². The molecule has 2 aromatic carbocycles. The second kappa shape index (κ2) is 7.27. The first-order valence-corrected chi connectivity index (χ1v) is 9.17. The van der Waals surface area contributed by atoms with Crippen LogP contribution in [0.4, 0.5) is 0 Å². The Labute approximate surface area is 157 Å². The van der Waals surface area contributed by atoms with E-state index in [2.05, 4.69) is 0 Å². The Bertz CT molecular complexity index is 1020. The van der Waals surface area contributed by atoms with Crippen LogP contribution in [0.1, 0.15) is 30.1 Å². The van der Waals surface area contributed by atoms with E-state index in [9.17, 15) is 9.59 Å². The largest absolute Gasteiger partial charge is 0.476 e. The zero-order valence-corrected chi connectivity index (χ0v) is 15.2. The summed E-state index contributed by atoms with van der Waals surface area (Å²) in [5, 5.41) is 0.851. The van der Waals surface area contributed by atoms with Crippen molar-refractivity contribution in [3.8, 4) is 5.75 Å². The molecule has 138 valence electrons. The summed E-state index contributed by atoms with van der Waals surface area (Å²) in [5.41, 5.74) is 1.71. The van der Waals surface area contributed by atoms with Gasteiger partial charge in [0.05, 0.1) is 0 Å². The molecule has 1 amide bonds. The summed E-state index contributed by atoms with van der Waals surface area (Å²) in [6.45, 7) is 3.39. The van der Waals surface area contributed by atoms with Gasteiger partial charge in [0.25, 0.3) is 5.91 Å². The first-order valence-electron chi connectivity index (χ1n) is 9.17. The van der Waals surface area contributed by atoms with Crippen molar-refractivity contribution in [3.05, 3.63) is 76.1 Å². The third-order valence-electron chi connectivity index (χ3n) is 4.92. The van der Waals surface area contributed by atoms with Gasteiger partial charge in [0.2, 0.25) is 6.10 Å². The molecule has 1 aliphatic rings. The fraction of sp³-hybridized carbons (Fsp3) is 0.273. The van der Waals surface area contributed by atoms with Crippen LogP contribution in [0.3, 0.4) is 0 Å². The van der Waals surface area contributed by atoms with Crippen LogP contribution in [-0.4, -0.2) is 23.9 Å². The number of ether oxygens (including phenoxy) is 1. The normalized spacial score (nSPS) is 15.1. The van der Waals surface area contributed by atoms with Crippen molar-refractivity contribution in [3.63, 3.8) is 0 Å².